The molecule has 4 N–H and O–H groups in total. The van der Waals surface area contributed by atoms with Gasteiger partial charge in [0.05, 0.1) is 11.2 Å². The van der Waals surface area contributed by atoms with Gasteiger partial charge >= 0.3 is 0 Å². The molecule has 1 aromatic heterocycles. The van der Waals surface area contributed by atoms with Crippen LogP contribution in [-0.2, 0) is 6.42 Å². The Hall–Kier alpha value is -2.95. The summed E-state index contributed by atoms with van der Waals surface area (Å²) < 4.78 is 1.66. The van der Waals surface area contributed by atoms with Gasteiger partial charge in [-0.3, -0.25) is 9.36 Å². The summed E-state index contributed by atoms with van der Waals surface area (Å²) >= 11 is 0. The lowest BCUT2D eigenvalue weighted by atomic mass is 9.99. The second kappa shape index (κ2) is 5.92. The van der Waals surface area contributed by atoms with Gasteiger partial charge in [0.15, 0.2) is 11.5 Å². The van der Waals surface area contributed by atoms with Crippen molar-refractivity contribution in [1.82, 2.24) is 4.57 Å². The zero-order valence-corrected chi connectivity index (χ0v) is 13.7. The van der Waals surface area contributed by atoms with E-state index in [-0.39, 0.29) is 23.3 Å². The first-order valence-corrected chi connectivity index (χ1v) is 7.80. The minimum absolute atomic E-state index is 0.0482. The number of hydrogen-bond acceptors (Lipinski definition) is 4. The quantitative estimate of drug-likeness (QED) is 0.644. The molecule has 0 bridgehead atoms. The summed E-state index contributed by atoms with van der Waals surface area (Å²) in [5.41, 5.74) is 9.08. The van der Waals surface area contributed by atoms with Crippen molar-refractivity contribution >= 4 is 22.5 Å². The lowest BCUT2D eigenvalue weighted by molar-refractivity contribution is 0.0848. The SMILES string of the molecule is Cc1c(N)c2ccccc2n1C(=O)C(C)Cc1ccc(O)c(O)c1. The van der Waals surface area contributed by atoms with Crippen molar-refractivity contribution in [2.75, 3.05) is 5.73 Å². The number of para-hydroxylation sites is 1. The number of anilines is 1. The number of phenols is 2. The van der Waals surface area contributed by atoms with E-state index in [4.69, 9.17) is 5.73 Å². The van der Waals surface area contributed by atoms with Crippen LogP contribution in [0.25, 0.3) is 10.9 Å². The van der Waals surface area contributed by atoms with Crippen LogP contribution in [0.1, 0.15) is 23.0 Å². The van der Waals surface area contributed by atoms with E-state index in [0.717, 1.165) is 22.2 Å². The van der Waals surface area contributed by atoms with Gasteiger partial charge in [0.1, 0.15) is 0 Å². The van der Waals surface area contributed by atoms with Crippen LogP contribution in [0.4, 0.5) is 5.69 Å². The number of benzene rings is 2. The maximum atomic E-state index is 12.9. The fourth-order valence-electron chi connectivity index (χ4n) is 3.03. The lowest BCUT2D eigenvalue weighted by Crippen LogP contribution is -2.22. The minimum Gasteiger partial charge on any atom is -0.504 e. The van der Waals surface area contributed by atoms with Gasteiger partial charge in [0.25, 0.3) is 0 Å². The molecule has 1 heterocycles. The van der Waals surface area contributed by atoms with E-state index in [0.29, 0.717) is 12.1 Å². The van der Waals surface area contributed by atoms with Crippen molar-refractivity contribution in [1.29, 1.82) is 0 Å². The number of phenolic OH excluding ortho intramolecular Hbond substituents is 2. The molecule has 0 saturated heterocycles. The fraction of sp³-hybridized carbons (Fsp3) is 0.211. The second-order valence-electron chi connectivity index (χ2n) is 6.12. The molecule has 0 spiro atoms. The Balaban J connectivity index is 1.94. The largest absolute Gasteiger partial charge is 0.504 e. The van der Waals surface area contributed by atoms with Crippen LogP contribution in [0.2, 0.25) is 0 Å². The summed E-state index contributed by atoms with van der Waals surface area (Å²) in [6.45, 7) is 3.68. The van der Waals surface area contributed by atoms with Crippen molar-refractivity contribution in [3.8, 4) is 11.5 Å². The van der Waals surface area contributed by atoms with Crippen LogP contribution in [0.3, 0.4) is 0 Å². The molecule has 1 unspecified atom stereocenters. The molecule has 0 aliphatic carbocycles. The van der Waals surface area contributed by atoms with Crippen molar-refractivity contribution in [3.05, 3.63) is 53.7 Å². The number of nitrogens with two attached hydrogens (primary N) is 1. The Kier molecular flexibility index (Phi) is 3.93. The van der Waals surface area contributed by atoms with Gasteiger partial charge in [-0.1, -0.05) is 31.2 Å². The Morgan fingerprint density at radius 3 is 2.58 bits per heavy atom. The van der Waals surface area contributed by atoms with Gasteiger partial charge in [-0.15, -0.1) is 0 Å². The zero-order valence-electron chi connectivity index (χ0n) is 13.7. The van der Waals surface area contributed by atoms with Crippen LogP contribution in [0, 0.1) is 12.8 Å². The highest BCUT2D eigenvalue weighted by molar-refractivity contribution is 6.01. The first-order chi connectivity index (χ1) is 11.4. The number of carbonyl (C=O) groups is 1. The Morgan fingerprint density at radius 1 is 1.17 bits per heavy atom. The van der Waals surface area contributed by atoms with Gasteiger partial charge in [-0.2, -0.15) is 0 Å². The van der Waals surface area contributed by atoms with Crippen molar-refractivity contribution in [2.24, 2.45) is 5.92 Å². The number of carbonyl (C=O) groups excluding carboxylic acids is 1. The summed E-state index contributed by atoms with van der Waals surface area (Å²) in [6.07, 6.45) is 0.457. The number of aromatic nitrogens is 1. The summed E-state index contributed by atoms with van der Waals surface area (Å²) in [7, 11) is 0. The van der Waals surface area contributed by atoms with E-state index in [1.807, 2.05) is 38.1 Å². The number of aromatic hydroxyl groups is 2. The monoisotopic (exact) mass is 324 g/mol. The molecule has 3 rings (SSSR count). The molecule has 124 valence electrons. The number of rotatable bonds is 3. The molecule has 0 amide bonds. The van der Waals surface area contributed by atoms with E-state index < -0.39 is 0 Å². The third-order valence-electron chi connectivity index (χ3n) is 4.38. The van der Waals surface area contributed by atoms with Crippen LogP contribution < -0.4 is 5.73 Å². The summed E-state index contributed by atoms with van der Waals surface area (Å²) in [4.78, 5) is 12.9. The van der Waals surface area contributed by atoms with E-state index in [9.17, 15) is 15.0 Å². The fourth-order valence-corrected chi connectivity index (χ4v) is 3.03. The molecule has 0 aliphatic rings. The zero-order chi connectivity index (χ0) is 17.4. The summed E-state index contributed by atoms with van der Waals surface area (Å²) in [5.74, 6) is -0.701. The molecule has 0 aliphatic heterocycles. The third kappa shape index (κ3) is 2.58. The molecule has 5 nitrogen and oxygen atoms in total. The molecular formula is C19H20N2O3. The van der Waals surface area contributed by atoms with Crippen LogP contribution >= 0.6 is 0 Å². The van der Waals surface area contributed by atoms with Gasteiger partial charge in [0.2, 0.25) is 5.91 Å². The van der Waals surface area contributed by atoms with Crippen molar-refractivity contribution in [2.45, 2.75) is 20.3 Å². The van der Waals surface area contributed by atoms with E-state index in [1.54, 1.807) is 10.6 Å². The molecule has 0 radical (unpaired) electrons. The third-order valence-corrected chi connectivity index (χ3v) is 4.38. The Labute approximate surface area is 140 Å². The highest BCUT2D eigenvalue weighted by Crippen LogP contribution is 2.30. The van der Waals surface area contributed by atoms with Crippen LogP contribution in [-0.4, -0.2) is 20.7 Å². The predicted octanol–water partition coefficient (Wildman–Crippen LogP) is 3.46. The molecular weight excluding hydrogens is 304 g/mol. The van der Waals surface area contributed by atoms with Crippen LogP contribution in [0.5, 0.6) is 11.5 Å². The average molecular weight is 324 g/mol. The summed E-state index contributed by atoms with van der Waals surface area (Å²) in [5, 5.41) is 19.9. The predicted molar refractivity (Wildman–Crippen MR) is 94.4 cm³/mol. The van der Waals surface area contributed by atoms with E-state index >= 15 is 0 Å². The highest BCUT2D eigenvalue weighted by Gasteiger charge is 2.22. The Morgan fingerprint density at radius 2 is 1.88 bits per heavy atom. The molecule has 3 aromatic rings. The second-order valence-corrected chi connectivity index (χ2v) is 6.12. The normalized spacial score (nSPS) is 12.4. The highest BCUT2D eigenvalue weighted by atomic mass is 16.3. The number of fused-ring (bicyclic) bond motifs is 1. The first kappa shape index (κ1) is 15.9. The lowest BCUT2D eigenvalue weighted by Gasteiger charge is -2.14. The average Bonchev–Trinajstić information content (AvgIpc) is 2.82. The number of nitrogen functional groups attached to an aromatic ring is 1. The molecule has 2 aromatic carbocycles. The van der Waals surface area contributed by atoms with E-state index in [2.05, 4.69) is 0 Å². The maximum Gasteiger partial charge on any atom is 0.234 e. The number of nitrogens with zero attached hydrogens (tertiary/aromatic N) is 1. The minimum atomic E-state index is -0.303. The van der Waals surface area contributed by atoms with Crippen molar-refractivity contribution in [3.63, 3.8) is 0 Å². The molecule has 24 heavy (non-hydrogen) atoms. The molecule has 1 atom stereocenters. The van der Waals surface area contributed by atoms with Gasteiger partial charge in [0, 0.05) is 17.0 Å². The smallest absolute Gasteiger partial charge is 0.234 e. The first-order valence-electron chi connectivity index (χ1n) is 7.80. The van der Waals surface area contributed by atoms with Gasteiger partial charge in [-0.25, -0.2) is 0 Å². The molecule has 0 fully saturated rings. The van der Waals surface area contributed by atoms with E-state index in [1.165, 1.54) is 12.1 Å². The standard InChI is InChI=1S/C19H20N2O3/c1-11(9-13-7-8-16(22)17(23)10-13)19(24)21-12(2)18(20)14-5-3-4-6-15(14)21/h3-8,10-11,22-23H,9,20H2,1-2H3. The van der Waals surface area contributed by atoms with Crippen LogP contribution in [0.15, 0.2) is 42.5 Å². The number of hydrogen-bond donors (Lipinski definition) is 3. The van der Waals surface area contributed by atoms with Gasteiger partial charge in [-0.05, 0) is 37.1 Å². The maximum absolute atomic E-state index is 12.9. The molecule has 5 heteroatoms. The molecule has 0 saturated carbocycles. The van der Waals surface area contributed by atoms with Crippen molar-refractivity contribution < 1.29 is 15.0 Å². The topological polar surface area (TPSA) is 88.5 Å². The van der Waals surface area contributed by atoms with Gasteiger partial charge < -0.3 is 15.9 Å². The summed E-state index contributed by atoms with van der Waals surface area (Å²) in [6, 6.07) is 12.2. The Bertz CT molecular complexity index is 928.